The second-order valence-electron chi connectivity index (χ2n) is 5.12. The molecule has 0 radical (unpaired) electrons. The fraction of sp³-hybridized carbons (Fsp3) is 0.615. The second-order valence-corrected chi connectivity index (χ2v) is 6.10. The Morgan fingerprint density at radius 2 is 2.19 bits per heavy atom. The number of rotatable bonds is 6. The van der Waals surface area contributed by atoms with Crippen molar-refractivity contribution in [2.24, 2.45) is 0 Å². The van der Waals surface area contributed by atoms with Crippen LogP contribution < -0.4 is 5.32 Å². The van der Waals surface area contributed by atoms with Gasteiger partial charge in [-0.2, -0.15) is 0 Å². The van der Waals surface area contributed by atoms with Crippen molar-refractivity contribution in [3.8, 4) is 0 Å². The highest BCUT2D eigenvalue weighted by Crippen LogP contribution is 2.33. The fourth-order valence-corrected chi connectivity index (χ4v) is 3.26. The molecule has 0 saturated heterocycles. The monoisotopic (exact) mass is 305 g/mol. The molecule has 0 unspecified atom stereocenters. The molecule has 1 aliphatic carbocycles. The van der Waals surface area contributed by atoms with Crippen LogP contribution >= 0.6 is 11.8 Å². The van der Waals surface area contributed by atoms with Gasteiger partial charge in [0.05, 0.1) is 18.4 Å². The predicted octanol–water partition coefficient (Wildman–Crippen LogP) is 2.55. The van der Waals surface area contributed by atoms with Crippen molar-refractivity contribution in [2.45, 2.75) is 55.3 Å². The van der Waals surface area contributed by atoms with E-state index < -0.39 is 0 Å². The highest BCUT2D eigenvalue weighted by Gasteiger charge is 2.22. The largest absolute Gasteiger partial charge is 0.369 e. The molecule has 0 atom stereocenters. The van der Waals surface area contributed by atoms with E-state index in [0.29, 0.717) is 6.04 Å². The second kappa shape index (κ2) is 6.84. The average Bonchev–Trinajstić information content (AvgIpc) is 3.16. The summed E-state index contributed by atoms with van der Waals surface area (Å²) in [6, 6.07) is 0.428. The average molecular weight is 305 g/mol. The summed E-state index contributed by atoms with van der Waals surface area (Å²) in [4.78, 5) is 8.75. The van der Waals surface area contributed by atoms with Gasteiger partial charge in [-0.05, 0) is 41.5 Å². The minimum absolute atomic E-state index is 0.428. The van der Waals surface area contributed by atoms with Gasteiger partial charge in [-0.3, -0.25) is 4.98 Å². The first-order valence-corrected chi connectivity index (χ1v) is 8.20. The summed E-state index contributed by atoms with van der Waals surface area (Å²) >= 11 is 1.47. The first-order valence-electron chi connectivity index (χ1n) is 7.38. The molecule has 2 heterocycles. The van der Waals surface area contributed by atoms with Gasteiger partial charge < -0.3 is 5.32 Å². The van der Waals surface area contributed by atoms with Gasteiger partial charge >= 0.3 is 0 Å². The van der Waals surface area contributed by atoms with Crippen LogP contribution in [0.5, 0.6) is 0 Å². The van der Waals surface area contributed by atoms with Crippen molar-refractivity contribution in [3.63, 3.8) is 0 Å². The number of nitrogens with one attached hydrogen (secondary N) is 1. The lowest BCUT2D eigenvalue weighted by atomic mass is 10.3. The zero-order chi connectivity index (χ0) is 14.5. The van der Waals surface area contributed by atoms with Crippen molar-refractivity contribution in [1.29, 1.82) is 0 Å². The third-order valence-electron chi connectivity index (χ3n) is 3.50. The van der Waals surface area contributed by atoms with Crippen molar-refractivity contribution in [2.75, 3.05) is 11.9 Å². The lowest BCUT2D eigenvalue weighted by Gasteiger charge is -2.10. The van der Waals surface area contributed by atoms with E-state index in [4.69, 9.17) is 0 Å². The SMILES string of the molecule is CCCNc1cncc(Sc2nnnn2C2CCCC2)n1. The molecule has 112 valence electrons. The Bertz CT molecular complexity index is 579. The smallest absolute Gasteiger partial charge is 0.215 e. The molecule has 0 spiro atoms. The van der Waals surface area contributed by atoms with Gasteiger partial charge in [0.25, 0.3) is 0 Å². The summed E-state index contributed by atoms with van der Waals surface area (Å²) in [5, 5.41) is 16.9. The van der Waals surface area contributed by atoms with Crippen LogP contribution in [0.15, 0.2) is 22.6 Å². The number of aromatic nitrogens is 6. The van der Waals surface area contributed by atoms with Crippen LogP contribution in [0.25, 0.3) is 0 Å². The van der Waals surface area contributed by atoms with Gasteiger partial charge in [-0.1, -0.05) is 19.8 Å². The van der Waals surface area contributed by atoms with E-state index in [2.05, 4.69) is 37.7 Å². The Kier molecular flexibility index (Phi) is 4.64. The highest BCUT2D eigenvalue weighted by molar-refractivity contribution is 7.99. The summed E-state index contributed by atoms with van der Waals surface area (Å²) in [7, 11) is 0. The highest BCUT2D eigenvalue weighted by atomic mass is 32.2. The van der Waals surface area contributed by atoms with Crippen LogP contribution in [0.4, 0.5) is 5.82 Å². The van der Waals surface area contributed by atoms with E-state index in [1.165, 1.54) is 24.6 Å². The lowest BCUT2D eigenvalue weighted by Crippen LogP contribution is -2.08. The first-order chi connectivity index (χ1) is 10.4. The molecule has 7 nitrogen and oxygen atoms in total. The van der Waals surface area contributed by atoms with Gasteiger partial charge in [0.15, 0.2) is 0 Å². The molecule has 1 aliphatic rings. The van der Waals surface area contributed by atoms with E-state index >= 15 is 0 Å². The van der Waals surface area contributed by atoms with Crippen molar-refractivity contribution < 1.29 is 0 Å². The Balaban J connectivity index is 1.73. The van der Waals surface area contributed by atoms with Crippen LogP contribution in [0, 0.1) is 0 Å². The molecular weight excluding hydrogens is 286 g/mol. The minimum Gasteiger partial charge on any atom is -0.369 e. The van der Waals surface area contributed by atoms with E-state index in [1.807, 2.05) is 4.68 Å². The molecule has 1 N–H and O–H groups in total. The van der Waals surface area contributed by atoms with Crippen LogP contribution in [-0.4, -0.2) is 36.7 Å². The summed E-state index contributed by atoms with van der Waals surface area (Å²) in [5.41, 5.74) is 0. The van der Waals surface area contributed by atoms with Crippen LogP contribution in [0.1, 0.15) is 45.1 Å². The quantitative estimate of drug-likeness (QED) is 0.878. The number of nitrogens with zero attached hydrogens (tertiary/aromatic N) is 6. The molecule has 2 aromatic rings. The van der Waals surface area contributed by atoms with Crippen molar-refractivity contribution >= 4 is 17.6 Å². The van der Waals surface area contributed by atoms with Gasteiger partial charge in [-0.15, -0.1) is 5.10 Å². The van der Waals surface area contributed by atoms with Gasteiger partial charge in [0.2, 0.25) is 5.16 Å². The number of tetrazole rings is 1. The first kappa shape index (κ1) is 14.2. The predicted molar refractivity (Wildman–Crippen MR) is 80.3 cm³/mol. The maximum Gasteiger partial charge on any atom is 0.215 e. The van der Waals surface area contributed by atoms with Crippen LogP contribution in [0.2, 0.25) is 0 Å². The normalized spacial score (nSPS) is 15.5. The zero-order valence-electron chi connectivity index (χ0n) is 12.1. The van der Waals surface area contributed by atoms with Gasteiger partial charge in [-0.25, -0.2) is 9.67 Å². The van der Waals surface area contributed by atoms with Crippen LogP contribution in [-0.2, 0) is 0 Å². The molecule has 2 aromatic heterocycles. The standard InChI is InChI=1S/C13H19N7S/c1-2-7-15-11-8-14-9-12(16-11)21-13-17-18-19-20(13)10-5-3-4-6-10/h8-10H,2-7H2,1H3,(H,15,16). The maximum absolute atomic E-state index is 4.53. The van der Waals surface area contributed by atoms with Crippen molar-refractivity contribution in [1.82, 2.24) is 30.2 Å². The Hall–Kier alpha value is -1.70. The number of anilines is 1. The zero-order valence-corrected chi connectivity index (χ0v) is 12.9. The number of hydrogen-bond donors (Lipinski definition) is 1. The van der Waals surface area contributed by atoms with E-state index in [1.54, 1.807) is 12.4 Å². The molecule has 0 bridgehead atoms. The van der Waals surface area contributed by atoms with Gasteiger partial charge in [0.1, 0.15) is 10.8 Å². The Labute approximate surface area is 127 Å². The topological polar surface area (TPSA) is 81.4 Å². The minimum atomic E-state index is 0.428. The summed E-state index contributed by atoms with van der Waals surface area (Å²) in [5.74, 6) is 0.793. The molecule has 0 aliphatic heterocycles. The maximum atomic E-state index is 4.53. The molecule has 8 heteroatoms. The third kappa shape index (κ3) is 3.49. The molecule has 21 heavy (non-hydrogen) atoms. The lowest BCUT2D eigenvalue weighted by molar-refractivity contribution is 0.423. The van der Waals surface area contributed by atoms with Crippen LogP contribution in [0.3, 0.4) is 0 Å². The molecule has 3 rings (SSSR count). The summed E-state index contributed by atoms with van der Waals surface area (Å²) in [6.07, 6.45) is 9.36. The molecule has 1 saturated carbocycles. The molecule has 1 fully saturated rings. The summed E-state index contributed by atoms with van der Waals surface area (Å²) < 4.78 is 1.94. The molecule has 0 aromatic carbocycles. The summed E-state index contributed by atoms with van der Waals surface area (Å²) in [6.45, 7) is 3.01. The molecular formula is C13H19N7S. The van der Waals surface area contributed by atoms with Crippen molar-refractivity contribution in [3.05, 3.63) is 12.4 Å². The van der Waals surface area contributed by atoms with E-state index in [0.717, 1.165) is 41.8 Å². The third-order valence-corrected chi connectivity index (χ3v) is 4.35. The van der Waals surface area contributed by atoms with Gasteiger partial charge in [0, 0.05) is 6.54 Å². The Morgan fingerprint density at radius 3 is 3.00 bits per heavy atom. The van der Waals surface area contributed by atoms with E-state index in [-0.39, 0.29) is 0 Å². The Morgan fingerprint density at radius 1 is 1.33 bits per heavy atom. The molecule has 0 amide bonds. The fourth-order valence-electron chi connectivity index (χ4n) is 2.46. The number of hydrogen-bond acceptors (Lipinski definition) is 7. The van der Waals surface area contributed by atoms with E-state index in [9.17, 15) is 0 Å².